The monoisotopic (exact) mass is 468 g/mol. The molecule has 2 bridgehead atoms. The third-order valence-electron chi connectivity index (χ3n) is 6.00. The fraction of sp³-hybridized carbons (Fsp3) is 0.360. The third-order valence-corrected chi connectivity index (χ3v) is 7.24. The van der Waals surface area contributed by atoms with Crippen LogP contribution < -0.4 is 4.74 Å². The van der Waals surface area contributed by atoms with Crippen LogP contribution in [0.3, 0.4) is 0 Å². The molecule has 0 spiro atoms. The van der Waals surface area contributed by atoms with E-state index in [1.807, 2.05) is 22.8 Å². The van der Waals surface area contributed by atoms with Gasteiger partial charge in [-0.1, -0.05) is 31.6 Å². The fourth-order valence-electron chi connectivity index (χ4n) is 4.60. The number of hydrogen-bond acceptors (Lipinski definition) is 3. The summed E-state index contributed by atoms with van der Waals surface area (Å²) in [6.45, 7) is 0.873. The molecule has 0 unspecified atom stereocenters. The summed E-state index contributed by atoms with van der Waals surface area (Å²) in [7, 11) is -1.34. The summed E-state index contributed by atoms with van der Waals surface area (Å²) in [5.74, 6) is 5.97. The molecular formula is C25H25F2N3O2Si. The van der Waals surface area contributed by atoms with Gasteiger partial charge in [-0.05, 0) is 30.3 Å². The minimum atomic E-state index is -3.10. The van der Waals surface area contributed by atoms with E-state index >= 15 is 0 Å². The molecule has 8 heteroatoms. The van der Waals surface area contributed by atoms with Gasteiger partial charge in [0.2, 0.25) is 0 Å². The minimum absolute atomic E-state index is 0.0374. The molecule has 0 fully saturated rings. The molecule has 5 nitrogen and oxygen atoms in total. The van der Waals surface area contributed by atoms with Crippen LogP contribution in [0.2, 0.25) is 25.7 Å². The Labute approximate surface area is 196 Å². The topological polar surface area (TPSA) is 47.4 Å². The maximum Gasteiger partial charge on any atom is 0.387 e. The number of nitrogens with zero attached hydrogens (tertiary/aromatic N) is 3. The zero-order valence-corrected chi connectivity index (χ0v) is 19.5. The van der Waals surface area contributed by atoms with Crippen molar-refractivity contribution in [3.8, 4) is 17.6 Å². The second kappa shape index (κ2) is 7.70. The number of hydrogen-bond donors (Lipinski definition) is 0. The minimum Gasteiger partial charge on any atom is -0.434 e. The highest BCUT2D eigenvalue weighted by Gasteiger charge is 2.45. The molecule has 5 rings (SSSR count). The van der Waals surface area contributed by atoms with Gasteiger partial charge in [0.25, 0.3) is 5.91 Å². The number of carbonyl (C=O) groups is 1. The molecule has 2 aliphatic rings. The Bertz CT molecular complexity index is 1440. The Balaban J connectivity index is 1.73. The van der Waals surface area contributed by atoms with Crippen LogP contribution in [0.15, 0.2) is 36.4 Å². The van der Waals surface area contributed by atoms with E-state index in [1.54, 1.807) is 0 Å². The number of ether oxygens (including phenoxy) is 1. The first-order valence-corrected chi connectivity index (χ1v) is 14.5. The summed E-state index contributed by atoms with van der Waals surface area (Å²) in [5, 5.41) is 0. The lowest BCUT2D eigenvalue weighted by atomic mass is 9.97. The number of rotatable bonds is 3. The van der Waals surface area contributed by atoms with Crippen LogP contribution in [0.1, 0.15) is 49.9 Å². The van der Waals surface area contributed by atoms with Crippen molar-refractivity contribution in [2.45, 2.75) is 50.8 Å². The predicted molar refractivity (Wildman–Crippen MR) is 125 cm³/mol. The molecule has 3 heterocycles. The average molecular weight is 469 g/mol. The number of fused-ring (bicyclic) bond motifs is 9. The first-order chi connectivity index (χ1) is 16.8. The third kappa shape index (κ3) is 3.70. The maximum absolute atomic E-state index is 13.5. The highest BCUT2D eigenvalue weighted by Crippen LogP contribution is 2.49. The van der Waals surface area contributed by atoms with Crippen LogP contribution >= 0.6 is 0 Å². The van der Waals surface area contributed by atoms with Gasteiger partial charge >= 0.3 is 6.61 Å². The Morgan fingerprint density at radius 3 is 2.82 bits per heavy atom. The maximum atomic E-state index is 13.5. The molecule has 2 aromatic carbocycles. The molecule has 2 aliphatic heterocycles. The van der Waals surface area contributed by atoms with Crippen molar-refractivity contribution in [1.82, 2.24) is 14.5 Å². The average Bonchev–Trinajstić information content (AvgIpc) is 3.24. The van der Waals surface area contributed by atoms with Crippen molar-refractivity contribution in [3.05, 3.63) is 58.9 Å². The van der Waals surface area contributed by atoms with Crippen molar-refractivity contribution in [3.63, 3.8) is 0 Å². The number of halogens is 2. The number of aromatic nitrogens is 2. The largest absolute Gasteiger partial charge is 0.434 e. The van der Waals surface area contributed by atoms with E-state index in [1.165, 1.54) is 18.2 Å². The second-order valence-corrected chi connectivity index (χ2v) is 15.1. The second-order valence-electron chi connectivity index (χ2n) is 9.62. The summed E-state index contributed by atoms with van der Waals surface area (Å²) < 4.78 is 57.5. The summed E-state index contributed by atoms with van der Waals surface area (Å²) in [6, 6.07) is 9.20. The van der Waals surface area contributed by atoms with Gasteiger partial charge in [-0.3, -0.25) is 4.79 Å². The Morgan fingerprint density at radius 2 is 2.09 bits per heavy atom. The van der Waals surface area contributed by atoms with E-state index in [0.717, 1.165) is 16.5 Å². The quantitative estimate of drug-likeness (QED) is 0.380. The van der Waals surface area contributed by atoms with Crippen LogP contribution in [-0.2, 0) is 0 Å². The number of alkyl halides is 2. The molecule has 1 amide bonds. The molecule has 170 valence electrons. The van der Waals surface area contributed by atoms with E-state index in [4.69, 9.17) is 8.85 Å². The molecule has 0 N–H and O–H groups in total. The summed E-state index contributed by atoms with van der Waals surface area (Å²) in [5.41, 5.74) is 2.38. The zero-order chi connectivity index (χ0) is 26.0. The smallest absolute Gasteiger partial charge is 0.387 e. The first kappa shape index (κ1) is 18.3. The summed E-state index contributed by atoms with van der Waals surface area (Å²) >= 11 is 0. The molecule has 1 aromatic heterocycles. The predicted octanol–water partition coefficient (Wildman–Crippen LogP) is 5.45. The molecule has 3 aromatic rings. The molecule has 2 atom stereocenters. The van der Waals surface area contributed by atoms with E-state index in [2.05, 4.69) is 36.5 Å². The van der Waals surface area contributed by atoms with Crippen molar-refractivity contribution >= 4 is 25.0 Å². The van der Waals surface area contributed by atoms with Crippen molar-refractivity contribution < 1.29 is 22.4 Å². The van der Waals surface area contributed by atoms with Gasteiger partial charge in [0, 0.05) is 40.2 Å². The highest BCUT2D eigenvalue weighted by molar-refractivity contribution is 6.76. The highest BCUT2D eigenvalue weighted by atomic mass is 28.3. The van der Waals surface area contributed by atoms with Crippen LogP contribution in [0.4, 0.5) is 8.78 Å². The number of amides is 1. The van der Waals surface area contributed by atoms with Crippen molar-refractivity contribution in [2.75, 3.05) is 6.98 Å². The fourth-order valence-corrected chi connectivity index (χ4v) is 5.22. The lowest BCUT2D eigenvalue weighted by Gasteiger charge is -2.24. The lowest BCUT2D eigenvalue weighted by Crippen LogP contribution is -2.30. The van der Waals surface area contributed by atoms with Crippen LogP contribution in [0.5, 0.6) is 5.75 Å². The van der Waals surface area contributed by atoms with Gasteiger partial charge < -0.3 is 14.2 Å². The van der Waals surface area contributed by atoms with Gasteiger partial charge in [0.1, 0.15) is 11.6 Å². The molecule has 0 radical (unpaired) electrons. The SMILES string of the molecule is [2H]C([2H])([2H])N1C(=O)c2cccc(OC(F)F)c2[C@H]2C[C@@H]1c1nc3ccc(C#CC[Si](C)(C)C)cc3n12. The van der Waals surface area contributed by atoms with E-state index in [0.29, 0.717) is 16.9 Å². The van der Waals surface area contributed by atoms with Gasteiger partial charge in [-0.25, -0.2) is 4.98 Å². The standard InChI is InChI=1S/C25H25F2N3O2Si/c1-29-20-14-19(22-16(24(29)31)8-5-9-21(22)32-25(26)27)30-18-13-15(7-6-12-33(2,3)4)10-11-17(18)28-23(20)30/h5,8-11,13,19-20,25H,12,14H2,1-4H3/t19-,20-/m1/s1/i1D3. The van der Waals surface area contributed by atoms with Gasteiger partial charge in [-0.15, -0.1) is 5.92 Å². The van der Waals surface area contributed by atoms with Gasteiger partial charge in [-0.2, -0.15) is 8.78 Å². The van der Waals surface area contributed by atoms with Crippen molar-refractivity contribution in [2.24, 2.45) is 0 Å². The molecule has 0 saturated heterocycles. The normalized spacial score (nSPS) is 21.0. The van der Waals surface area contributed by atoms with E-state index in [9.17, 15) is 13.6 Å². The summed E-state index contributed by atoms with van der Waals surface area (Å²) in [4.78, 5) is 19.0. The lowest BCUT2D eigenvalue weighted by molar-refractivity contribution is -0.0507. The molecule has 0 aliphatic carbocycles. The Morgan fingerprint density at radius 1 is 1.27 bits per heavy atom. The molecule has 33 heavy (non-hydrogen) atoms. The first-order valence-electron chi connectivity index (χ1n) is 12.3. The molecule has 0 saturated carbocycles. The van der Waals surface area contributed by atoms with Crippen LogP contribution in [0, 0.1) is 11.8 Å². The van der Waals surface area contributed by atoms with Crippen LogP contribution in [0.25, 0.3) is 11.0 Å². The Kier molecular flexibility index (Phi) is 4.26. The number of benzene rings is 2. The molecular weight excluding hydrogens is 440 g/mol. The van der Waals surface area contributed by atoms with Crippen molar-refractivity contribution in [1.29, 1.82) is 0 Å². The van der Waals surface area contributed by atoms with E-state index in [-0.39, 0.29) is 23.3 Å². The number of imidazole rings is 1. The van der Waals surface area contributed by atoms with Crippen LogP contribution in [-0.4, -0.2) is 42.0 Å². The zero-order valence-electron chi connectivity index (χ0n) is 21.5. The van der Waals surface area contributed by atoms with E-state index < -0.39 is 39.7 Å². The Hall–Kier alpha value is -3.18. The summed E-state index contributed by atoms with van der Waals surface area (Å²) in [6.07, 6.45) is 0.185. The number of carbonyl (C=O) groups excluding carboxylic acids is 1. The van der Waals surface area contributed by atoms with Gasteiger partial charge in [0.05, 0.1) is 31.2 Å². The van der Waals surface area contributed by atoms with Gasteiger partial charge in [0.15, 0.2) is 0 Å².